The highest BCUT2D eigenvalue weighted by atomic mass is 79.9. The molecule has 2 amide bonds. The number of urea groups is 1. The van der Waals surface area contributed by atoms with Crippen LogP contribution in [0.1, 0.15) is 5.56 Å². The van der Waals surface area contributed by atoms with Gasteiger partial charge in [-0.05, 0) is 40.5 Å². The van der Waals surface area contributed by atoms with Crippen LogP contribution < -0.4 is 10.6 Å². The van der Waals surface area contributed by atoms with E-state index in [9.17, 15) is 4.79 Å². The fraction of sp³-hybridized carbons (Fsp3) is 0.200. The summed E-state index contributed by atoms with van der Waals surface area (Å²) < 4.78 is 0.814. The van der Waals surface area contributed by atoms with Crippen LogP contribution in [0.2, 0.25) is 0 Å². The van der Waals surface area contributed by atoms with Crippen LogP contribution in [0.15, 0.2) is 22.7 Å². The molecule has 0 heterocycles. The first-order valence-corrected chi connectivity index (χ1v) is 5.10. The van der Waals surface area contributed by atoms with Gasteiger partial charge in [-0.25, -0.2) is 4.79 Å². The second kappa shape index (κ2) is 5.37. The highest BCUT2D eigenvalue weighted by molar-refractivity contribution is 9.10. The van der Waals surface area contributed by atoms with Gasteiger partial charge in [0.15, 0.2) is 0 Å². The monoisotopic (exact) mass is 267 g/mol. The summed E-state index contributed by atoms with van der Waals surface area (Å²) in [6.45, 7) is 1.96. The van der Waals surface area contributed by atoms with Crippen LogP contribution >= 0.6 is 15.9 Å². The number of anilines is 1. The third-order valence-electron chi connectivity index (χ3n) is 1.70. The van der Waals surface area contributed by atoms with E-state index in [1.165, 1.54) is 0 Å². The summed E-state index contributed by atoms with van der Waals surface area (Å²) in [5.41, 5.74) is 1.78. The molecule has 15 heavy (non-hydrogen) atoms. The van der Waals surface area contributed by atoms with Crippen molar-refractivity contribution in [3.8, 4) is 6.07 Å². The Balaban J connectivity index is 2.65. The van der Waals surface area contributed by atoms with Gasteiger partial charge in [0.1, 0.15) is 6.54 Å². The normalized spacial score (nSPS) is 9.13. The molecule has 0 aliphatic carbocycles. The molecule has 0 bridgehead atoms. The molecule has 0 aliphatic heterocycles. The first kappa shape index (κ1) is 11.5. The lowest BCUT2D eigenvalue weighted by molar-refractivity contribution is 0.253. The third kappa shape index (κ3) is 3.60. The summed E-state index contributed by atoms with van der Waals surface area (Å²) in [4.78, 5) is 11.2. The first-order chi connectivity index (χ1) is 7.13. The van der Waals surface area contributed by atoms with E-state index in [1.807, 2.05) is 25.1 Å². The van der Waals surface area contributed by atoms with Crippen LogP contribution in [0.25, 0.3) is 0 Å². The van der Waals surface area contributed by atoms with Gasteiger partial charge in [-0.2, -0.15) is 5.26 Å². The van der Waals surface area contributed by atoms with Crippen LogP contribution in [-0.2, 0) is 0 Å². The smallest absolute Gasteiger partial charge is 0.320 e. The number of benzene rings is 1. The topological polar surface area (TPSA) is 64.9 Å². The number of carbonyl (C=O) groups is 1. The van der Waals surface area contributed by atoms with Crippen molar-refractivity contribution in [2.24, 2.45) is 0 Å². The summed E-state index contributed by atoms with van der Waals surface area (Å²) in [6.07, 6.45) is 0. The number of nitrogens with zero attached hydrogens (tertiary/aromatic N) is 1. The summed E-state index contributed by atoms with van der Waals surface area (Å²) in [6, 6.07) is 7.03. The molecule has 0 fully saturated rings. The lowest BCUT2D eigenvalue weighted by Crippen LogP contribution is -2.28. The molecule has 0 unspecified atom stereocenters. The molecule has 0 aromatic heterocycles. The van der Waals surface area contributed by atoms with Gasteiger partial charge in [0.2, 0.25) is 0 Å². The fourth-order valence-electron chi connectivity index (χ4n) is 1.01. The molecule has 1 rings (SSSR count). The molecule has 78 valence electrons. The SMILES string of the molecule is Cc1ccc(NC(=O)NCC#N)c(Br)c1. The van der Waals surface area contributed by atoms with Gasteiger partial charge in [-0.1, -0.05) is 6.07 Å². The quantitative estimate of drug-likeness (QED) is 0.809. The van der Waals surface area contributed by atoms with Gasteiger partial charge in [0.05, 0.1) is 11.8 Å². The molecule has 1 aromatic rings. The maximum Gasteiger partial charge on any atom is 0.320 e. The number of halogens is 1. The Morgan fingerprint density at radius 1 is 1.60 bits per heavy atom. The van der Waals surface area contributed by atoms with Crippen molar-refractivity contribution in [2.75, 3.05) is 11.9 Å². The van der Waals surface area contributed by atoms with Crippen molar-refractivity contribution in [3.63, 3.8) is 0 Å². The minimum absolute atomic E-state index is 0.00465. The van der Waals surface area contributed by atoms with Gasteiger partial charge < -0.3 is 10.6 Å². The molecule has 5 heteroatoms. The number of hydrogen-bond donors (Lipinski definition) is 2. The van der Waals surface area contributed by atoms with E-state index < -0.39 is 0 Å². The number of aryl methyl sites for hydroxylation is 1. The number of rotatable bonds is 2. The summed E-state index contributed by atoms with van der Waals surface area (Å²) in [5.74, 6) is 0. The fourth-order valence-corrected chi connectivity index (χ4v) is 1.60. The average Bonchev–Trinajstić information content (AvgIpc) is 2.19. The lowest BCUT2D eigenvalue weighted by Gasteiger charge is -2.07. The average molecular weight is 268 g/mol. The second-order valence-corrected chi connectivity index (χ2v) is 3.80. The van der Waals surface area contributed by atoms with E-state index >= 15 is 0 Å². The molecule has 4 nitrogen and oxygen atoms in total. The Bertz CT molecular complexity index is 412. The number of carbonyl (C=O) groups excluding carboxylic acids is 1. The van der Waals surface area contributed by atoms with Gasteiger partial charge in [0, 0.05) is 4.47 Å². The standard InChI is InChI=1S/C10H10BrN3O/c1-7-2-3-9(8(11)6-7)14-10(15)13-5-4-12/h2-3,6H,5H2,1H3,(H2,13,14,15). The molecule has 0 spiro atoms. The van der Waals surface area contributed by atoms with Gasteiger partial charge in [0.25, 0.3) is 0 Å². The van der Waals surface area contributed by atoms with Gasteiger partial charge >= 0.3 is 6.03 Å². The Kier molecular flexibility index (Phi) is 4.13. The zero-order chi connectivity index (χ0) is 11.3. The van der Waals surface area contributed by atoms with Crippen LogP contribution in [0.5, 0.6) is 0 Å². The summed E-state index contributed by atoms with van der Waals surface area (Å²) in [5, 5.41) is 13.3. The molecule has 2 N–H and O–H groups in total. The minimum atomic E-state index is -0.388. The third-order valence-corrected chi connectivity index (χ3v) is 2.36. The lowest BCUT2D eigenvalue weighted by atomic mass is 10.2. The first-order valence-electron chi connectivity index (χ1n) is 4.31. The number of amides is 2. The molecular formula is C10H10BrN3O. The maximum absolute atomic E-state index is 11.2. The molecule has 0 saturated heterocycles. The Morgan fingerprint density at radius 2 is 2.33 bits per heavy atom. The molecular weight excluding hydrogens is 258 g/mol. The number of nitrogens with one attached hydrogen (secondary N) is 2. The second-order valence-electron chi connectivity index (χ2n) is 2.95. The predicted molar refractivity (Wildman–Crippen MR) is 61.5 cm³/mol. The zero-order valence-electron chi connectivity index (χ0n) is 8.17. The summed E-state index contributed by atoms with van der Waals surface area (Å²) in [7, 11) is 0. The predicted octanol–water partition coefficient (Wildman–Crippen LogP) is 2.40. The van der Waals surface area contributed by atoms with Crippen molar-refractivity contribution < 1.29 is 4.79 Å². The number of hydrogen-bond acceptors (Lipinski definition) is 2. The van der Waals surface area contributed by atoms with Gasteiger partial charge in [-0.3, -0.25) is 0 Å². The number of nitriles is 1. The Labute approximate surface area is 96.4 Å². The van der Waals surface area contributed by atoms with Crippen molar-refractivity contribution >= 4 is 27.6 Å². The molecule has 1 aromatic carbocycles. The van der Waals surface area contributed by atoms with E-state index in [-0.39, 0.29) is 12.6 Å². The largest absolute Gasteiger partial charge is 0.325 e. The van der Waals surface area contributed by atoms with Crippen LogP contribution in [-0.4, -0.2) is 12.6 Å². The van der Waals surface area contributed by atoms with Crippen LogP contribution in [0.4, 0.5) is 10.5 Å². The van der Waals surface area contributed by atoms with Crippen molar-refractivity contribution in [2.45, 2.75) is 6.92 Å². The van der Waals surface area contributed by atoms with Crippen molar-refractivity contribution in [1.82, 2.24) is 5.32 Å². The maximum atomic E-state index is 11.2. The van der Waals surface area contributed by atoms with Crippen molar-refractivity contribution in [3.05, 3.63) is 28.2 Å². The highest BCUT2D eigenvalue weighted by Gasteiger charge is 2.03. The summed E-state index contributed by atoms with van der Waals surface area (Å²) >= 11 is 3.34. The molecule has 0 saturated carbocycles. The van der Waals surface area contributed by atoms with E-state index in [0.717, 1.165) is 10.0 Å². The van der Waals surface area contributed by atoms with Crippen LogP contribution in [0, 0.1) is 18.3 Å². The van der Waals surface area contributed by atoms with Gasteiger partial charge in [-0.15, -0.1) is 0 Å². The Morgan fingerprint density at radius 3 is 2.93 bits per heavy atom. The van der Waals surface area contributed by atoms with E-state index in [1.54, 1.807) is 6.07 Å². The van der Waals surface area contributed by atoms with E-state index in [0.29, 0.717) is 5.69 Å². The van der Waals surface area contributed by atoms with E-state index in [2.05, 4.69) is 26.6 Å². The van der Waals surface area contributed by atoms with E-state index in [4.69, 9.17) is 5.26 Å². The molecule has 0 aliphatic rings. The minimum Gasteiger partial charge on any atom is -0.325 e. The van der Waals surface area contributed by atoms with Crippen LogP contribution in [0.3, 0.4) is 0 Å². The van der Waals surface area contributed by atoms with Crippen molar-refractivity contribution in [1.29, 1.82) is 5.26 Å². The zero-order valence-corrected chi connectivity index (χ0v) is 9.76. The highest BCUT2D eigenvalue weighted by Crippen LogP contribution is 2.22. The molecule has 0 atom stereocenters. The Hall–Kier alpha value is -1.54. The molecule has 0 radical (unpaired) electrons.